The van der Waals surface area contributed by atoms with Gasteiger partial charge in [-0.25, -0.2) is 0 Å². The van der Waals surface area contributed by atoms with Crippen molar-refractivity contribution >= 4 is 35.6 Å². The third kappa shape index (κ3) is 10.4. The van der Waals surface area contributed by atoms with Gasteiger partial charge in [0.05, 0.1) is 10.0 Å². The summed E-state index contributed by atoms with van der Waals surface area (Å²) in [6, 6.07) is 23.6. The van der Waals surface area contributed by atoms with Crippen molar-refractivity contribution in [2.75, 3.05) is 14.1 Å². The van der Waals surface area contributed by atoms with Crippen LogP contribution >= 0.6 is 23.2 Å². The number of ether oxygens (including phenoxy) is 4. The first-order valence-corrected chi connectivity index (χ1v) is 19.5. The summed E-state index contributed by atoms with van der Waals surface area (Å²) in [6.07, 6.45) is 9.26. The van der Waals surface area contributed by atoms with Crippen molar-refractivity contribution < 1.29 is 18.9 Å². The highest BCUT2D eigenvalue weighted by Crippen LogP contribution is 2.37. The van der Waals surface area contributed by atoms with E-state index in [1.165, 1.54) is 12.4 Å². The molecule has 0 bridgehead atoms. The van der Waals surface area contributed by atoms with Crippen LogP contribution in [0.4, 0.5) is 0 Å². The molecule has 0 unspecified atom stereocenters. The summed E-state index contributed by atoms with van der Waals surface area (Å²) in [7, 11) is 3.74. The fourth-order valence-electron chi connectivity index (χ4n) is 6.53. The van der Waals surface area contributed by atoms with Gasteiger partial charge in [0.1, 0.15) is 49.4 Å². The number of benzene rings is 4. The molecule has 0 aliphatic rings. The molecule has 0 fully saturated rings. The summed E-state index contributed by atoms with van der Waals surface area (Å²) >= 11 is 13.5. The molecule has 4 N–H and O–H groups in total. The van der Waals surface area contributed by atoms with Crippen molar-refractivity contribution in [3.05, 3.63) is 163 Å². The van der Waals surface area contributed by atoms with E-state index in [1.54, 1.807) is 24.8 Å². The molecule has 0 amide bonds. The van der Waals surface area contributed by atoms with Crippen molar-refractivity contribution in [2.24, 2.45) is 0 Å². The number of pyridine rings is 2. The van der Waals surface area contributed by atoms with Crippen LogP contribution in [0.15, 0.2) is 97.6 Å². The van der Waals surface area contributed by atoms with Crippen molar-refractivity contribution in [1.82, 2.24) is 20.6 Å². The highest BCUT2D eigenvalue weighted by molar-refractivity contribution is 6.32. The average molecular weight is 818 g/mol. The minimum atomic E-state index is 0.281. The Bertz CT molecular complexity index is 2240. The van der Waals surface area contributed by atoms with Crippen molar-refractivity contribution in [3.63, 3.8) is 0 Å². The highest BCUT2D eigenvalue weighted by atomic mass is 35.5. The van der Waals surface area contributed by atoms with Gasteiger partial charge in [0, 0.05) is 95.8 Å². The molecule has 6 aromatic rings. The molecule has 2 heterocycles. The second-order valence-corrected chi connectivity index (χ2v) is 14.5. The summed E-state index contributed by atoms with van der Waals surface area (Å²) in [5.74, 6) is 2.33. The molecule has 0 saturated heterocycles. The first-order valence-electron chi connectivity index (χ1n) is 18.7. The molecular formula is C46H46Cl2N6O4. The lowest BCUT2D eigenvalue weighted by Crippen LogP contribution is -2.09. The van der Waals surface area contributed by atoms with Gasteiger partial charge in [-0.15, -0.1) is 0 Å². The van der Waals surface area contributed by atoms with E-state index in [-0.39, 0.29) is 13.2 Å². The molecule has 58 heavy (non-hydrogen) atoms. The molecule has 0 saturated carbocycles. The smallest absolute Gasteiger partial charge is 0.142 e. The van der Waals surface area contributed by atoms with Gasteiger partial charge in [0.2, 0.25) is 0 Å². The van der Waals surface area contributed by atoms with Gasteiger partial charge in [-0.3, -0.25) is 9.97 Å². The topological polar surface area (TPSA) is 134 Å². The summed E-state index contributed by atoms with van der Waals surface area (Å²) in [5.41, 5.74) is 11.3. The van der Waals surface area contributed by atoms with E-state index in [0.717, 1.165) is 55.6 Å². The number of nitrogens with zero attached hydrogens (tertiary/aromatic N) is 2. The lowest BCUT2D eigenvalue weighted by Gasteiger charge is -2.19. The lowest BCUT2D eigenvalue weighted by molar-refractivity contribution is 0.287. The molecule has 2 aromatic heterocycles. The SMILES string of the molecule is CNCc1cc(Cl)c(OCc2cccc(-c3cccc(COc4cc(OCc5cncc(C=N)c5)c(CNC)cc4Cl)c3C)c2C)cc1OCc1cncc(C=N)c1. The molecule has 6 rings (SSSR count). The predicted octanol–water partition coefficient (Wildman–Crippen LogP) is 9.82. The van der Waals surface area contributed by atoms with Gasteiger partial charge >= 0.3 is 0 Å². The Balaban J connectivity index is 1.17. The van der Waals surface area contributed by atoms with E-state index in [1.807, 2.05) is 62.6 Å². The zero-order valence-electron chi connectivity index (χ0n) is 32.9. The van der Waals surface area contributed by atoms with Gasteiger partial charge in [0.15, 0.2) is 0 Å². The van der Waals surface area contributed by atoms with E-state index >= 15 is 0 Å². The average Bonchev–Trinajstić information content (AvgIpc) is 3.23. The molecule has 0 spiro atoms. The molecule has 0 aliphatic carbocycles. The van der Waals surface area contributed by atoms with Crippen molar-refractivity contribution in [1.29, 1.82) is 10.8 Å². The summed E-state index contributed by atoms with van der Waals surface area (Å²) in [4.78, 5) is 8.42. The van der Waals surface area contributed by atoms with E-state index in [0.29, 0.717) is 70.5 Å². The predicted molar refractivity (Wildman–Crippen MR) is 231 cm³/mol. The van der Waals surface area contributed by atoms with Crippen LogP contribution in [0.25, 0.3) is 11.1 Å². The maximum Gasteiger partial charge on any atom is 0.142 e. The number of nitrogens with one attached hydrogen (secondary N) is 4. The fraction of sp³-hybridized carbons (Fsp3) is 0.217. The molecule has 10 nitrogen and oxygen atoms in total. The number of hydrogen-bond donors (Lipinski definition) is 4. The maximum atomic E-state index is 7.54. The van der Waals surface area contributed by atoms with Crippen LogP contribution in [0.2, 0.25) is 10.0 Å². The Hall–Kier alpha value is -5.78. The van der Waals surface area contributed by atoms with Crippen LogP contribution < -0.4 is 29.6 Å². The van der Waals surface area contributed by atoms with E-state index in [9.17, 15) is 0 Å². The first-order chi connectivity index (χ1) is 28.2. The van der Waals surface area contributed by atoms with Crippen LogP contribution in [0.3, 0.4) is 0 Å². The Morgan fingerprint density at radius 2 is 0.948 bits per heavy atom. The Morgan fingerprint density at radius 3 is 1.34 bits per heavy atom. The minimum Gasteiger partial charge on any atom is -0.488 e. The Labute approximate surface area is 349 Å². The molecule has 0 atom stereocenters. The van der Waals surface area contributed by atoms with Gasteiger partial charge in [-0.05, 0) is 85.6 Å². The summed E-state index contributed by atoms with van der Waals surface area (Å²) in [6.45, 7) is 6.49. The Morgan fingerprint density at radius 1 is 0.534 bits per heavy atom. The van der Waals surface area contributed by atoms with Crippen molar-refractivity contribution in [3.8, 4) is 34.1 Å². The fourth-order valence-corrected chi connectivity index (χ4v) is 7.01. The summed E-state index contributed by atoms with van der Waals surface area (Å²) in [5, 5.41) is 22.4. The van der Waals surface area contributed by atoms with Gasteiger partial charge in [-0.2, -0.15) is 0 Å². The second-order valence-electron chi connectivity index (χ2n) is 13.7. The number of aromatic nitrogens is 2. The number of rotatable bonds is 19. The number of halogens is 2. The molecule has 0 aliphatic heterocycles. The van der Waals surface area contributed by atoms with Gasteiger partial charge in [-0.1, -0.05) is 59.6 Å². The van der Waals surface area contributed by atoms with Crippen LogP contribution in [-0.2, 0) is 39.5 Å². The minimum absolute atomic E-state index is 0.281. The monoisotopic (exact) mass is 816 g/mol. The third-order valence-electron chi connectivity index (χ3n) is 9.67. The van der Waals surface area contributed by atoms with Crippen molar-refractivity contribution in [2.45, 2.75) is 53.4 Å². The zero-order chi connectivity index (χ0) is 41.0. The molecular weight excluding hydrogens is 771 g/mol. The zero-order valence-corrected chi connectivity index (χ0v) is 34.4. The number of hydrogen-bond acceptors (Lipinski definition) is 10. The van der Waals surface area contributed by atoms with E-state index in [2.05, 4.69) is 58.7 Å². The third-order valence-corrected chi connectivity index (χ3v) is 10.3. The van der Waals surface area contributed by atoms with Crippen LogP contribution in [-0.4, -0.2) is 36.5 Å². The lowest BCUT2D eigenvalue weighted by atomic mass is 9.92. The molecule has 298 valence electrons. The standard InChI is InChI=1S/C46H46Cl2N6O4/c1-29-35(27-57-45-15-43(37(23-51-3)13-41(45)47)55-25-33-11-31(17-49)19-53-21-33)7-5-9-39(29)40-10-6-8-36(30(40)2)28-58-46-16-44(38(24-52-4)14-42(46)48)56-26-34-12-32(18-50)20-54-22-34/h5-22,49-52H,23-28H2,1-4H3. The highest BCUT2D eigenvalue weighted by Gasteiger charge is 2.17. The maximum absolute atomic E-state index is 7.54. The van der Waals surface area contributed by atoms with Crippen LogP contribution in [0, 0.1) is 24.7 Å². The molecule has 0 radical (unpaired) electrons. The van der Waals surface area contributed by atoms with Crippen LogP contribution in [0.5, 0.6) is 23.0 Å². The normalized spacial score (nSPS) is 10.9. The largest absolute Gasteiger partial charge is 0.488 e. The Kier molecular flexibility index (Phi) is 14.5. The van der Waals surface area contributed by atoms with Gasteiger partial charge < -0.3 is 40.4 Å². The molecule has 12 heteroatoms. The van der Waals surface area contributed by atoms with E-state index in [4.69, 9.17) is 53.0 Å². The quantitative estimate of drug-likeness (QED) is 0.0594. The second kappa shape index (κ2) is 20.1. The summed E-state index contributed by atoms with van der Waals surface area (Å²) < 4.78 is 25.2. The van der Waals surface area contributed by atoms with E-state index < -0.39 is 0 Å². The first kappa shape index (κ1) is 41.8. The molecule has 4 aromatic carbocycles. The van der Waals surface area contributed by atoms with Crippen LogP contribution in [0.1, 0.15) is 55.6 Å². The van der Waals surface area contributed by atoms with Gasteiger partial charge in [0.25, 0.3) is 0 Å².